The molecule has 0 radical (unpaired) electrons. The van der Waals surface area contributed by atoms with Gasteiger partial charge < -0.3 is 9.84 Å². The fourth-order valence-electron chi connectivity index (χ4n) is 1.47. The number of aliphatic hydroxyl groups excluding tert-OH is 1. The van der Waals surface area contributed by atoms with Gasteiger partial charge in [-0.25, -0.2) is 4.39 Å². The van der Waals surface area contributed by atoms with Gasteiger partial charge >= 0.3 is 0 Å². The molecule has 1 rings (SSSR count). The smallest absolute Gasteiger partial charge is 0.165 e. The van der Waals surface area contributed by atoms with Gasteiger partial charge in [-0.1, -0.05) is 19.9 Å². The normalized spacial score (nSPS) is 12.9. The minimum absolute atomic E-state index is 0.204. The van der Waals surface area contributed by atoms with Crippen molar-refractivity contribution in [2.24, 2.45) is 5.92 Å². The molecule has 0 bridgehead atoms. The Balaban J connectivity index is 2.82. The highest BCUT2D eigenvalue weighted by molar-refractivity contribution is 5.30. The summed E-state index contributed by atoms with van der Waals surface area (Å²) in [4.78, 5) is 0. The molecule has 0 aliphatic rings. The second kappa shape index (κ2) is 5.12. The van der Waals surface area contributed by atoms with Crippen molar-refractivity contribution in [3.05, 3.63) is 29.6 Å². The second-order valence-electron chi connectivity index (χ2n) is 4.04. The van der Waals surface area contributed by atoms with Crippen molar-refractivity contribution >= 4 is 0 Å². The second-order valence-corrected chi connectivity index (χ2v) is 4.04. The number of methoxy groups -OCH3 is 1. The lowest BCUT2D eigenvalue weighted by Gasteiger charge is -2.14. The number of hydrogen-bond acceptors (Lipinski definition) is 2. The Labute approximate surface area is 89.7 Å². The summed E-state index contributed by atoms with van der Waals surface area (Å²) in [6.45, 7) is 4.03. The zero-order valence-electron chi connectivity index (χ0n) is 9.33. The van der Waals surface area contributed by atoms with Crippen LogP contribution in [0, 0.1) is 11.7 Å². The first-order chi connectivity index (χ1) is 7.04. The SMILES string of the molecule is COc1ccc(C(O)CC(C)C)cc1F. The number of benzene rings is 1. The predicted octanol–water partition coefficient (Wildman–Crippen LogP) is 2.91. The third-order valence-electron chi connectivity index (χ3n) is 2.26. The van der Waals surface area contributed by atoms with E-state index in [2.05, 4.69) is 0 Å². The van der Waals surface area contributed by atoms with E-state index in [1.54, 1.807) is 6.07 Å². The minimum atomic E-state index is -0.606. The molecule has 1 aromatic rings. The van der Waals surface area contributed by atoms with Crippen LogP contribution in [0.1, 0.15) is 31.9 Å². The Morgan fingerprint density at radius 3 is 2.53 bits per heavy atom. The summed E-state index contributed by atoms with van der Waals surface area (Å²) >= 11 is 0. The fourth-order valence-corrected chi connectivity index (χ4v) is 1.47. The lowest BCUT2D eigenvalue weighted by Crippen LogP contribution is -2.02. The maximum Gasteiger partial charge on any atom is 0.165 e. The summed E-state index contributed by atoms with van der Waals surface area (Å²) in [5.41, 5.74) is 0.599. The van der Waals surface area contributed by atoms with E-state index >= 15 is 0 Å². The number of halogens is 1. The molecule has 1 aromatic carbocycles. The molecule has 84 valence electrons. The van der Waals surface area contributed by atoms with Gasteiger partial charge in [-0.3, -0.25) is 0 Å². The fraction of sp³-hybridized carbons (Fsp3) is 0.500. The largest absolute Gasteiger partial charge is 0.494 e. The standard InChI is InChI=1S/C12H17FO2/c1-8(2)6-11(14)9-4-5-12(15-3)10(13)7-9/h4-5,7-8,11,14H,6H2,1-3H3. The Morgan fingerprint density at radius 2 is 2.07 bits per heavy atom. The summed E-state index contributed by atoms with van der Waals surface area (Å²) in [7, 11) is 1.42. The van der Waals surface area contributed by atoms with Crippen molar-refractivity contribution < 1.29 is 14.2 Å². The Kier molecular flexibility index (Phi) is 4.09. The quantitative estimate of drug-likeness (QED) is 0.831. The van der Waals surface area contributed by atoms with Crippen molar-refractivity contribution in [2.75, 3.05) is 7.11 Å². The van der Waals surface area contributed by atoms with E-state index in [9.17, 15) is 9.50 Å². The van der Waals surface area contributed by atoms with Crippen molar-refractivity contribution in [2.45, 2.75) is 26.4 Å². The summed E-state index contributed by atoms with van der Waals surface area (Å²) in [6.07, 6.45) is 0.0246. The first-order valence-corrected chi connectivity index (χ1v) is 5.06. The number of aliphatic hydroxyl groups is 1. The topological polar surface area (TPSA) is 29.5 Å². The average molecular weight is 212 g/mol. The molecule has 0 amide bonds. The van der Waals surface area contributed by atoms with Crippen LogP contribution in [0.3, 0.4) is 0 Å². The molecular weight excluding hydrogens is 195 g/mol. The molecule has 0 spiro atoms. The number of hydrogen-bond donors (Lipinski definition) is 1. The highest BCUT2D eigenvalue weighted by Crippen LogP contribution is 2.25. The maximum atomic E-state index is 13.3. The molecule has 1 N–H and O–H groups in total. The summed E-state index contributed by atoms with van der Waals surface area (Å²) in [5, 5.41) is 9.77. The molecule has 0 aromatic heterocycles. The van der Waals surface area contributed by atoms with Gasteiger partial charge in [-0.05, 0) is 30.0 Å². The van der Waals surface area contributed by atoms with Gasteiger partial charge in [0.2, 0.25) is 0 Å². The van der Waals surface area contributed by atoms with Crippen molar-refractivity contribution in [3.63, 3.8) is 0 Å². The van der Waals surface area contributed by atoms with Crippen LogP contribution in [0.2, 0.25) is 0 Å². The van der Waals surface area contributed by atoms with Gasteiger partial charge in [0.1, 0.15) is 0 Å². The van der Waals surface area contributed by atoms with Crippen LogP contribution >= 0.6 is 0 Å². The minimum Gasteiger partial charge on any atom is -0.494 e. The van der Waals surface area contributed by atoms with E-state index < -0.39 is 11.9 Å². The Hall–Kier alpha value is -1.09. The Morgan fingerprint density at radius 1 is 1.40 bits per heavy atom. The molecule has 1 unspecified atom stereocenters. The van der Waals surface area contributed by atoms with Crippen molar-refractivity contribution in [3.8, 4) is 5.75 Å². The van der Waals surface area contributed by atoms with Crippen LogP contribution < -0.4 is 4.74 Å². The van der Waals surface area contributed by atoms with Crippen LogP contribution in [0.25, 0.3) is 0 Å². The molecular formula is C12H17FO2. The zero-order chi connectivity index (χ0) is 11.4. The van der Waals surface area contributed by atoms with Gasteiger partial charge in [0.05, 0.1) is 13.2 Å². The molecule has 0 saturated carbocycles. The van der Waals surface area contributed by atoms with E-state index in [0.717, 1.165) is 0 Å². The average Bonchev–Trinajstić information content (AvgIpc) is 2.16. The highest BCUT2D eigenvalue weighted by atomic mass is 19.1. The Bertz CT molecular complexity index is 323. The first kappa shape index (κ1) is 12.0. The third kappa shape index (κ3) is 3.20. The van der Waals surface area contributed by atoms with Crippen LogP contribution in [0.15, 0.2) is 18.2 Å². The van der Waals surface area contributed by atoms with Crippen LogP contribution in [-0.2, 0) is 0 Å². The first-order valence-electron chi connectivity index (χ1n) is 5.06. The molecule has 2 nitrogen and oxygen atoms in total. The molecule has 0 fully saturated rings. The van der Waals surface area contributed by atoms with E-state index in [1.807, 2.05) is 13.8 Å². The summed E-state index contributed by atoms with van der Waals surface area (Å²) < 4.78 is 18.1. The third-order valence-corrected chi connectivity index (χ3v) is 2.26. The molecule has 15 heavy (non-hydrogen) atoms. The van der Waals surface area contributed by atoms with Gasteiger partial charge in [0.15, 0.2) is 11.6 Å². The highest BCUT2D eigenvalue weighted by Gasteiger charge is 2.12. The lowest BCUT2D eigenvalue weighted by atomic mass is 9.99. The van der Waals surface area contributed by atoms with Gasteiger partial charge in [0.25, 0.3) is 0 Å². The molecule has 0 heterocycles. The van der Waals surface area contributed by atoms with Crippen molar-refractivity contribution in [1.29, 1.82) is 0 Å². The molecule has 1 atom stereocenters. The zero-order valence-corrected chi connectivity index (χ0v) is 9.33. The van der Waals surface area contributed by atoms with E-state index in [4.69, 9.17) is 4.74 Å². The van der Waals surface area contributed by atoms with Gasteiger partial charge in [-0.2, -0.15) is 0 Å². The number of rotatable bonds is 4. The van der Waals surface area contributed by atoms with Crippen LogP contribution in [-0.4, -0.2) is 12.2 Å². The van der Waals surface area contributed by atoms with Crippen LogP contribution in [0.5, 0.6) is 5.75 Å². The molecule has 0 aliphatic heterocycles. The van der Waals surface area contributed by atoms with Crippen molar-refractivity contribution in [1.82, 2.24) is 0 Å². The monoisotopic (exact) mass is 212 g/mol. The maximum absolute atomic E-state index is 13.3. The van der Waals surface area contributed by atoms with E-state index in [0.29, 0.717) is 17.9 Å². The molecule has 0 aliphatic carbocycles. The lowest BCUT2D eigenvalue weighted by molar-refractivity contribution is 0.150. The summed E-state index contributed by atoms with van der Waals surface area (Å²) in [5.74, 6) is 0.151. The summed E-state index contributed by atoms with van der Waals surface area (Å²) in [6, 6.07) is 4.55. The molecule has 3 heteroatoms. The van der Waals surface area contributed by atoms with Crippen LogP contribution in [0.4, 0.5) is 4.39 Å². The van der Waals surface area contributed by atoms with E-state index in [1.165, 1.54) is 19.2 Å². The van der Waals surface area contributed by atoms with Gasteiger partial charge in [-0.15, -0.1) is 0 Å². The number of ether oxygens (including phenoxy) is 1. The van der Waals surface area contributed by atoms with Gasteiger partial charge in [0, 0.05) is 0 Å². The van der Waals surface area contributed by atoms with E-state index in [-0.39, 0.29) is 5.75 Å². The molecule has 0 saturated heterocycles. The predicted molar refractivity (Wildman–Crippen MR) is 57.4 cm³/mol.